The molecule has 5 nitrogen and oxygen atoms in total. The van der Waals surface area contributed by atoms with Gasteiger partial charge in [0.25, 0.3) is 0 Å². The molecule has 0 saturated heterocycles. The number of halogens is 1. The van der Waals surface area contributed by atoms with Crippen LogP contribution >= 0.6 is 11.6 Å². The lowest BCUT2D eigenvalue weighted by atomic mass is 10.1. The smallest absolute Gasteiger partial charge is 0.316 e. The van der Waals surface area contributed by atoms with E-state index in [4.69, 9.17) is 16.3 Å². The molecule has 0 spiro atoms. The molecule has 0 bridgehead atoms. The molecule has 18 heavy (non-hydrogen) atoms. The van der Waals surface area contributed by atoms with Crippen LogP contribution in [0.1, 0.15) is 0 Å². The van der Waals surface area contributed by atoms with E-state index >= 15 is 0 Å². The van der Waals surface area contributed by atoms with Gasteiger partial charge in [0.15, 0.2) is 5.65 Å². The van der Waals surface area contributed by atoms with E-state index in [0.29, 0.717) is 11.0 Å². The second-order valence-corrected chi connectivity index (χ2v) is 4.10. The molecule has 3 rings (SSSR count). The number of methoxy groups -OCH3 is 1. The Balaban J connectivity index is 2.12. The van der Waals surface area contributed by atoms with E-state index in [1.165, 1.54) is 7.11 Å². The fraction of sp³-hybridized carbons (Fsp3) is 0.0833. The predicted octanol–water partition coefficient (Wildman–Crippen LogP) is 2.45. The lowest BCUT2D eigenvalue weighted by Crippen LogP contribution is -1.93. The van der Waals surface area contributed by atoms with Crippen LogP contribution in [0.5, 0.6) is 6.01 Å². The second-order valence-electron chi connectivity index (χ2n) is 3.69. The molecular weight excluding hydrogens is 252 g/mol. The van der Waals surface area contributed by atoms with Gasteiger partial charge < -0.3 is 9.14 Å². The molecule has 3 heterocycles. The maximum atomic E-state index is 6.16. The van der Waals surface area contributed by atoms with Crippen LogP contribution in [0.2, 0.25) is 5.02 Å². The molecule has 0 fully saturated rings. The Bertz CT molecular complexity index is 693. The van der Waals surface area contributed by atoms with Crippen molar-refractivity contribution in [2.45, 2.75) is 0 Å². The summed E-state index contributed by atoms with van der Waals surface area (Å²) < 4.78 is 6.79. The van der Waals surface area contributed by atoms with Crippen LogP contribution in [0.4, 0.5) is 0 Å². The zero-order valence-electron chi connectivity index (χ0n) is 9.54. The minimum Gasteiger partial charge on any atom is -0.467 e. The third kappa shape index (κ3) is 1.78. The van der Waals surface area contributed by atoms with Crippen molar-refractivity contribution < 1.29 is 4.74 Å². The highest BCUT2D eigenvalue weighted by Crippen LogP contribution is 2.25. The third-order valence-corrected chi connectivity index (χ3v) is 2.86. The maximum absolute atomic E-state index is 6.16. The van der Waals surface area contributed by atoms with E-state index < -0.39 is 0 Å². The summed E-state index contributed by atoms with van der Waals surface area (Å²) in [5.74, 6) is 0. The van der Waals surface area contributed by atoms with Crippen molar-refractivity contribution in [3.63, 3.8) is 0 Å². The number of rotatable bonds is 2. The van der Waals surface area contributed by atoms with Gasteiger partial charge in [-0.2, -0.15) is 0 Å². The van der Waals surface area contributed by atoms with Crippen LogP contribution in [0.3, 0.4) is 0 Å². The summed E-state index contributed by atoms with van der Waals surface area (Å²) in [6.45, 7) is 0. The average Bonchev–Trinajstić information content (AvgIpc) is 2.88. The van der Waals surface area contributed by atoms with E-state index in [2.05, 4.69) is 15.0 Å². The zero-order valence-corrected chi connectivity index (χ0v) is 10.3. The van der Waals surface area contributed by atoms with Crippen LogP contribution in [0.15, 0.2) is 37.1 Å². The fourth-order valence-corrected chi connectivity index (χ4v) is 1.98. The molecule has 0 N–H and O–H groups in total. The van der Waals surface area contributed by atoms with Crippen molar-refractivity contribution >= 4 is 17.2 Å². The number of imidazole rings is 1. The number of fused-ring (bicyclic) bond motifs is 1. The molecule has 0 atom stereocenters. The zero-order chi connectivity index (χ0) is 12.5. The molecule has 0 saturated carbocycles. The van der Waals surface area contributed by atoms with Crippen molar-refractivity contribution in [3.8, 4) is 17.1 Å². The van der Waals surface area contributed by atoms with Crippen LogP contribution in [0, 0.1) is 0 Å². The van der Waals surface area contributed by atoms with Gasteiger partial charge in [-0.3, -0.25) is 0 Å². The molecule has 3 aromatic rings. The molecule has 0 aliphatic heterocycles. The van der Waals surface area contributed by atoms with Crippen LogP contribution in [0.25, 0.3) is 16.8 Å². The van der Waals surface area contributed by atoms with Gasteiger partial charge in [0.1, 0.15) is 0 Å². The van der Waals surface area contributed by atoms with Crippen molar-refractivity contribution in [2.24, 2.45) is 0 Å². The van der Waals surface area contributed by atoms with Gasteiger partial charge in [-0.05, 0) is 6.07 Å². The van der Waals surface area contributed by atoms with Crippen LogP contribution < -0.4 is 4.74 Å². The Morgan fingerprint density at radius 1 is 1.17 bits per heavy atom. The standard InChI is InChI=1S/C12H9ClN4O/c1-18-12-15-5-9(6-16-12)8-4-10(13)11-14-2-3-17(11)7-8/h2-7H,1H3. The Kier molecular flexibility index (Phi) is 2.60. The summed E-state index contributed by atoms with van der Waals surface area (Å²) in [6.07, 6.45) is 8.87. The summed E-state index contributed by atoms with van der Waals surface area (Å²) in [4.78, 5) is 12.3. The van der Waals surface area contributed by atoms with Gasteiger partial charge in [0, 0.05) is 42.1 Å². The lowest BCUT2D eigenvalue weighted by molar-refractivity contribution is 0.380. The van der Waals surface area contributed by atoms with Gasteiger partial charge in [0.2, 0.25) is 0 Å². The van der Waals surface area contributed by atoms with Gasteiger partial charge >= 0.3 is 6.01 Å². The number of hydrogen-bond acceptors (Lipinski definition) is 4. The minimum atomic E-state index is 0.341. The summed E-state index contributed by atoms with van der Waals surface area (Å²) in [5.41, 5.74) is 2.52. The summed E-state index contributed by atoms with van der Waals surface area (Å²) in [6, 6.07) is 2.18. The van der Waals surface area contributed by atoms with Crippen LogP contribution in [-0.4, -0.2) is 26.5 Å². The Labute approximate surface area is 108 Å². The van der Waals surface area contributed by atoms with Gasteiger partial charge in [-0.25, -0.2) is 15.0 Å². The fourth-order valence-electron chi connectivity index (χ4n) is 1.72. The topological polar surface area (TPSA) is 52.3 Å². The van der Waals surface area contributed by atoms with E-state index in [0.717, 1.165) is 16.8 Å². The van der Waals surface area contributed by atoms with Gasteiger partial charge in [0.05, 0.1) is 12.1 Å². The Morgan fingerprint density at radius 3 is 2.67 bits per heavy atom. The lowest BCUT2D eigenvalue weighted by Gasteiger charge is -2.04. The van der Waals surface area contributed by atoms with E-state index in [1.54, 1.807) is 18.6 Å². The maximum Gasteiger partial charge on any atom is 0.316 e. The third-order valence-electron chi connectivity index (χ3n) is 2.59. The molecule has 0 aliphatic carbocycles. The number of hydrogen-bond donors (Lipinski definition) is 0. The first kappa shape index (κ1) is 11.0. The number of ether oxygens (including phenoxy) is 1. The Hall–Kier alpha value is -2.14. The van der Waals surface area contributed by atoms with E-state index in [-0.39, 0.29) is 0 Å². The largest absolute Gasteiger partial charge is 0.467 e. The molecular formula is C12H9ClN4O. The van der Waals surface area contributed by atoms with Gasteiger partial charge in [-0.15, -0.1) is 0 Å². The van der Waals surface area contributed by atoms with E-state index in [9.17, 15) is 0 Å². The molecule has 0 aromatic carbocycles. The van der Waals surface area contributed by atoms with Crippen molar-refractivity contribution in [1.29, 1.82) is 0 Å². The van der Waals surface area contributed by atoms with Crippen molar-refractivity contribution in [3.05, 3.63) is 42.1 Å². The molecule has 0 unspecified atom stereocenters. The predicted molar refractivity (Wildman–Crippen MR) is 67.8 cm³/mol. The normalized spacial score (nSPS) is 10.8. The van der Waals surface area contributed by atoms with E-state index in [1.807, 2.05) is 22.9 Å². The monoisotopic (exact) mass is 260 g/mol. The minimum absolute atomic E-state index is 0.341. The first-order valence-corrected chi connectivity index (χ1v) is 5.64. The molecule has 6 heteroatoms. The van der Waals surface area contributed by atoms with Crippen LogP contribution in [-0.2, 0) is 0 Å². The number of nitrogens with zero attached hydrogens (tertiary/aromatic N) is 4. The molecule has 90 valence electrons. The molecule has 0 aliphatic rings. The first-order chi connectivity index (χ1) is 8.78. The first-order valence-electron chi connectivity index (χ1n) is 5.26. The molecule has 0 amide bonds. The number of aromatic nitrogens is 4. The Morgan fingerprint density at radius 2 is 1.94 bits per heavy atom. The van der Waals surface area contributed by atoms with Crippen molar-refractivity contribution in [2.75, 3.05) is 7.11 Å². The summed E-state index contributed by atoms with van der Waals surface area (Å²) in [5, 5.41) is 0.591. The van der Waals surface area contributed by atoms with Gasteiger partial charge in [-0.1, -0.05) is 11.6 Å². The van der Waals surface area contributed by atoms with Crippen molar-refractivity contribution in [1.82, 2.24) is 19.4 Å². The second kappa shape index (κ2) is 4.27. The highest BCUT2D eigenvalue weighted by atomic mass is 35.5. The quantitative estimate of drug-likeness (QED) is 0.710. The summed E-state index contributed by atoms with van der Waals surface area (Å²) >= 11 is 6.16. The number of pyridine rings is 1. The SMILES string of the molecule is COc1ncc(-c2cc(Cl)c3nccn3c2)cn1. The molecule has 3 aromatic heterocycles. The average molecular weight is 261 g/mol. The molecule has 0 radical (unpaired) electrons. The summed E-state index contributed by atoms with van der Waals surface area (Å²) in [7, 11) is 1.53. The highest BCUT2D eigenvalue weighted by Gasteiger charge is 2.06. The highest BCUT2D eigenvalue weighted by molar-refractivity contribution is 6.33.